The van der Waals surface area contributed by atoms with Crippen molar-refractivity contribution in [1.82, 2.24) is 0 Å². The monoisotopic (exact) mass is 438 g/mol. The number of fused-ring (bicyclic) bond motifs is 4. The van der Waals surface area contributed by atoms with Gasteiger partial charge in [0.25, 0.3) is 0 Å². The molecule has 0 aromatic heterocycles. The van der Waals surface area contributed by atoms with E-state index in [0.717, 1.165) is 19.4 Å². The van der Waals surface area contributed by atoms with Crippen LogP contribution in [0.25, 0.3) is 0 Å². The van der Waals surface area contributed by atoms with Crippen LogP contribution in [-0.2, 0) is 9.53 Å². The van der Waals surface area contributed by atoms with Crippen LogP contribution in [-0.4, -0.2) is 18.0 Å². The second-order valence-corrected chi connectivity index (χ2v) is 15.2. The summed E-state index contributed by atoms with van der Waals surface area (Å²) in [5.74, 6) is 2.21. The van der Waals surface area contributed by atoms with Crippen molar-refractivity contribution in [2.45, 2.75) is 112 Å². The summed E-state index contributed by atoms with van der Waals surface area (Å²) >= 11 is 0. The third kappa shape index (κ3) is 2.21. The van der Waals surface area contributed by atoms with E-state index in [4.69, 9.17) is 4.74 Å². The number of ketones is 1. The van der Waals surface area contributed by atoms with E-state index in [-0.39, 0.29) is 27.3 Å². The van der Waals surface area contributed by atoms with Gasteiger partial charge in [0.05, 0.1) is 12.2 Å². The minimum Gasteiger partial charge on any atom is -0.369 e. The number of Topliss-reactive ketones (excluding diaryl/α,β-unsaturated/α-hetero) is 1. The number of hydrogen-bond donors (Lipinski definition) is 0. The second-order valence-electron chi connectivity index (χ2n) is 15.2. The van der Waals surface area contributed by atoms with Crippen LogP contribution in [0.2, 0.25) is 0 Å². The van der Waals surface area contributed by atoms with Gasteiger partial charge in [0.2, 0.25) is 0 Å². The first-order valence-corrected chi connectivity index (χ1v) is 13.6. The lowest BCUT2D eigenvalue weighted by Gasteiger charge is -2.72. The fourth-order valence-corrected chi connectivity index (χ4v) is 11.0. The van der Waals surface area contributed by atoms with Gasteiger partial charge in [0, 0.05) is 23.2 Å². The first kappa shape index (κ1) is 21.9. The molecule has 32 heavy (non-hydrogen) atoms. The smallest absolute Gasteiger partial charge is 0.138 e. The van der Waals surface area contributed by atoms with Crippen molar-refractivity contribution in [2.75, 3.05) is 6.61 Å². The standard InChI is InChI=1S/C30H46O2/c1-24(2)14-16-29-17-15-28(7)27(6)12-8-20-25(3,4)23(31)10-11-26(20,5)21(27)9-13-30(28,32-19-29)22(29)18-24/h9,13,20-22H,8,10-12,14-19H2,1-7H3/t20-,21-,22-,26+,27-,28+,29?,30-/m1/s1. The summed E-state index contributed by atoms with van der Waals surface area (Å²) in [6, 6.07) is 0. The first-order valence-electron chi connectivity index (χ1n) is 13.6. The molecule has 2 heteroatoms. The summed E-state index contributed by atoms with van der Waals surface area (Å²) in [6.45, 7) is 18.3. The summed E-state index contributed by atoms with van der Waals surface area (Å²) in [6.07, 6.45) is 16.2. The van der Waals surface area contributed by atoms with Gasteiger partial charge in [-0.2, -0.15) is 0 Å². The molecule has 8 atom stereocenters. The van der Waals surface area contributed by atoms with Crippen LogP contribution < -0.4 is 0 Å². The Labute approximate surface area is 196 Å². The average Bonchev–Trinajstić information content (AvgIpc) is 2.94. The van der Waals surface area contributed by atoms with Crippen molar-refractivity contribution in [3.63, 3.8) is 0 Å². The molecule has 0 aromatic rings. The maximum atomic E-state index is 12.9. The summed E-state index contributed by atoms with van der Waals surface area (Å²) in [5, 5.41) is 0. The molecule has 1 heterocycles. The number of carbonyl (C=O) groups excluding carboxylic acids is 1. The van der Waals surface area contributed by atoms with Gasteiger partial charge in [-0.05, 0) is 84.9 Å². The molecule has 1 aliphatic heterocycles. The summed E-state index contributed by atoms with van der Waals surface area (Å²) < 4.78 is 7.10. The van der Waals surface area contributed by atoms with Gasteiger partial charge in [-0.1, -0.05) is 60.6 Å². The molecule has 1 spiro atoms. The van der Waals surface area contributed by atoms with Crippen molar-refractivity contribution in [1.29, 1.82) is 0 Å². The Morgan fingerprint density at radius 3 is 2.34 bits per heavy atom. The normalized spacial score (nSPS) is 57.2. The molecule has 2 bridgehead atoms. The van der Waals surface area contributed by atoms with Gasteiger partial charge >= 0.3 is 0 Å². The molecule has 0 aromatic carbocycles. The van der Waals surface area contributed by atoms with Gasteiger partial charge in [-0.3, -0.25) is 4.79 Å². The zero-order chi connectivity index (χ0) is 23.0. The lowest BCUT2D eigenvalue weighted by atomic mass is 9.32. The Bertz CT molecular complexity index is 899. The number of ether oxygens (including phenoxy) is 1. The van der Waals surface area contributed by atoms with Crippen LogP contribution in [0.5, 0.6) is 0 Å². The Balaban J connectivity index is 1.49. The molecular formula is C30H46O2. The van der Waals surface area contributed by atoms with Crippen LogP contribution >= 0.6 is 0 Å². The molecule has 0 amide bonds. The van der Waals surface area contributed by atoms with Crippen LogP contribution in [0.3, 0.4) is 0 Å². The molecule has 0 N–H and O–H groups in total. The highest BCUT2D eigenvalue weighted by Gasteiger charge is 2.76. The minimum atomic E-state index is -0.183. The van der Waals surface area contributed by atoms with Crippen molar-refractivity contribution < 1.29 is 9.53 Å². The third-order valence-corrected chi connectivity index (χ3v) is 13.3. The SMILES string of the molecule is CC1(C)CCC23CC[C@@]4(C)[C@]5(C)CC[C@@H]6C(C)(C)C(=O)CC[C@]6(C)[C@H]5C=C[C@@]4(OC2)[C@@H]3C1. The van der Waals surface area contributed by atoms with E-state index in [9.17, 15) is 4.79 Å². The molecule has 6 aliphatic rings. The average molecular weight is 439 g/mol. The molecule has 5 fully saturated rings. The fraction of sp³-hybridized carbons (Fsp3) is 0.900. The van der Waals surface area contributed by atoms with Crippen molar-refractivity contribution in [3.05, 3.63) is 12.2 Å². The van der Waals surface area contributed by atoms with Gasteiger partial charge in [-0.25, -0.2) is 0 Å². The maximum absolute atomic E-state index is 12.9. The zero-order valence-electron chi connectivity index (χ0n) is 21.8. The highest BCUT2D eigenvalue weighted by atomic mass is 16.5. The van der Waals surface area contributed by atoms with E-state index < -0.39 is 0 Å². The molecule has 2 nitrogen and oxygen atoms in total. The predicted molar refractivity (Wildman–Crippen MR) is 129 cm³/mol. The molecular weight excluding hydrogens is 392 g/mol. The third-order valence-electron chi connectivity index (χ3n) is 13.3. The Morgan fingerprint density at radius 1 is 0.875 bits per heavy atom. The number of allylic oxidation sites excluding steroid dienone is 1. The second kappa shape index (κ2) is 5.95. The fourth-order valence-electron chi connectivity index (χ4n) is 11.0. The topological polar surface area (TPSA) is 26.3 Å². The van der Waals surface area contributed by atoms with E-state index in [1.54, 1.807) is 0 Å². The maximum Gasteiger partial charge on any atom is 0.138 e. The lowest BCUT2D eigenvalue weighted by molar-refractivity contribution is -0.232. The summed E-state index contributed by atoms with van der Waals surface area (Å²) in [4.78, 5) is 12.9. The lowest BCUT2D eigenvalue weighted by Crippen LogP contribution is -2.70. The van der Waals surface area contributed by atoms with Gasteiger partial charge in [-0.15, -0.1) is 0 Å². The van der Waals surface area contributed by atoms with E-state index in [2.05, 4.69) is 60.6 Å². The van der Waals surface area contributed by atoms with Crippen LogP contribution in [0.15, 0.2) is 12.2 Å². The van der Waals surface area contributed by atoms with Crippen molar-refractivity contribution in [3.8, 4) is 0 Å². The van der Waals surface area contributed by atoms with Crippen LogP contribution in [0.1, 0.15) is 106 Å². The molecule has 1 saturated heterocycles. The quantitative estimate of drug-likeness (QED) is 0.369. The summed E-state index contributed by atoms with van der Waals surface area (Å²) in [7, 11) is 0. The highest BCUT2D eigenvalue weighted by Crippen LogP contribution is 2.78. The number of rotatable bonds is 0. The van der Waals surface area contributed by atoms with E-state index in [1.165, 1.54) is 44.9 Å². The van der Waals surface area contributed by atoms with Crippen LogP contribution in [0, 0.1) is 50.2 Å². The van der Waals surface area contributed by atoms with Gasteiger partial charge < -0.3 is 4.74 Å². The van der Waals surface area contributed by atoms with Gasteiger partial charge in [0.1, 0.15) is 5.78 Å². The Hall–Kier alpha value is -0.630. The van der Waals surface area contributed by atoms with E-state index in [1.807, 2.05) is 0 Å². The molecule has 1 unspecified atom stereocenters. The van der Waals surface area contributed by atoms with Crippen molar-refractivity contribution >= 4 is 5.78 Å². The zero-order valence-corrected chi connectivity index (χ0v) is 21.8. The largest absolute Gasteiger partial charge is 0.369 e. The Morgan fingerprint density at radius 2 is 1.59 bits per heavy atom. The minimum absolute atomic E-state index is 0.0859. The number of hydrogen-bond acceptors (Lipinski definition) is 2. The van der Waals surface area contributed by atoms with E-state index >= 15 is 0 Å². The first-order chi connectivity index (χ1) is 14.8. The highest BCUT2D eigenvalue weighted by molar-refractivity contribution is 5.85. The number of carbonyl (C=O) groups is 1. The van der Waals surface area contributed by atoms with Gasteiger partial charge in [0.15, 0.2) is 0 Å². The molecule has 5 aliphatic carbocycles. The molecule has 178 valence electrons. The van der Waals surface area contributed by atoms with Crippen molar-refractivity contribution in [2.24, 2.45) is 50.2 Å². The molecule has 0 radical (unpaired) electrons. The van der Waals surface area contributed by atoms with E-state index in [0.29, 0.717) is 34.4 Å². The predicted octanol–water partition coefficient (Wildman–Crippen LogP) is 7.37. The van der Waals surface area contributed by atoms with Crippen LogP contribution in [0.4, 0.5) is 0 Å². The summed E-state index contributed by atoms with van der Waals surface area (Å²) in [5.41, 5.74) is 1.21. The molecule has 4 saturated carbocycles. The molecule has 6 rings (SSSR count). The Kier molecular flexibility index (Phi) is 4.07.